The fraction of sp³-hybridized carbons (Fsp3) is 0.769. The molecular formula is C13H25N3. The van der Waals surface area contributed by atoms with Gasteiger partial charge in [-0.2, -0.15) is 0 Å². The highest BCUT2D eigenvalue weighted by atomic mass is 15.3. The van der Waals surface area contributed by atoms with Crippen LogP contribution in [-0.2, 0) is 0 Å². The second-order valence-corrected chi connectivity index (χ2v) is 4.49. The monoisotopic (exact) mass is 223 g/mol. The summed E-state index contributed by atoms with van der Waals surface area (Å²) in [5.41, 5.74) is 1.60. The van der Waals surface area contributed by atoms with E-state index in [9.17, 15) is 0 Å². The summed E-state index contributed by atoms with van der Waals surface area (Å²) in [6.07, 6.45) is 8.82. The van der Waals surface area contributed by atoms with Gasteiger partial charge in [-0.15, -0.1) is 0 Å². The molecule has 3 heteroatoms. The van der Waals surface area contributed by atoms with Crippen LogP contribution >= 0.6 is 0 Å². The van der Waals surface area contributed by atoms with Crippen molar-refractivity contribution in [3.63, 3.8) is 0 Å². The maximum absolute atomic E-state index is 4.60. The Balaban J connectivity index is 2.35. The van der Waals surface area contributed by atoms with Crippen LogP contribution in [0.4, 0.5) is 0 Å². The largest absolute Gasteiger partial charge is 0.357 e. The maximum atomic E-state index is 4.60. The van der Waals surface area contributed by atoms with Crippen LogP contribution in [0, 0.1) is 0 Å². The van der Waals surface area contributed by atoms with E-state index in [0.717, 1.165) is 25.5 Å². The molecule has 1 aliphatic rings. The summed E-state index contributed by atoms with van der Waals surface area (Å²) in [4.78, 5) is 6.64. The quantitative estimate of drug-likeness (QED) is 0.450. The first kappa shape index (κ1) is 13.1. The summed E-state index contributed by atoms with van der Waals surface area (Å²) in [5, 5.41) is 3.28. The number of guanidine groups is 1. The molecule has 1 N–H and O–H groups in total. The molecule has 3 nitrogen and oxygen atoms in total. The molecule has 0 saturated heterocycles. The van der Waals surface area contributed by atoms with Crippen molar-refractivity contribution >= 4 is 5.96 Å². The maximum Gasteiger partial charge on any atom is 0.193 e. The van der Waals surface area contributed by atoms with E-state index < -0.39 is 0 Å². The number of nitrogens with zero attached hydrogens (tertiary/aromatic N) is 2. The van der Waals surface area contributed by atoms with Crippen LogP contribution in [-0.4, -0.2) is 38.0 Å². The van der Waals surface area contributed by atoms with Gasteiger partial charge in [0.05, 0.1) is 0 Å². The minimum Gasteiger partial charge on any atom is -0.357 e. The Morgan fingerprint density at radius 1 is 1.44 bits per heavy atom. The SMILES string of the molecule is CCNC(=NCCC1=CCCCC1)N(C)C. The van der Waals surface area contributed by atoms with Crippen LogP contribution in [0.15, 0.2) is 16.6 Å². The molecule has 0 heterocycles. The number of rotatable bonds is 4. The lowest BCUT2D eigenvalue weighted by Gasteiger charge is -2.17. The van der Waals surface area contributed by atoms with Gasteiger partial charge in [0.15, 0.2) is 5.96 Å². The lowest BCUT2D eigenvalue weighted by Crippen LogP contribution is -2.36. The van der Waals surface area contributed by atoms with Crippen molar-refractivity contribution in [3.05, 3.63) is 11.6 Å². The zero-order valence-corrected chi connectivity index (χ0v) is 10.9. The fourth-order valence-electron chi connectivity index (χ4n) is 1.95. The van der Waals surface area contributed by atoms with Gasteiger partial charge in [-0.1, -0.05) is 11.6 Å². The second kappa shape index (κ2) is 7.31. The van der Waals surface area contributed by atoms with Crippen molar-refractivity contribution in [1.82, 2.24) is 10.2 Å². The molecule has 0 radical (unpaired) electrons. The number of hydrogen-bond donors (Lipinski definition) is 1. The molecule has 0 aromatic heterocycles. The van der Waals surface area contributed by atoms with Gasteiger partial charge < -0.3 is 10.2 Å². The number of hydrogen-bond acceptors (Lipinski definition) is 1. The van der Waals surface area contributed by atoms with E-state index in [4.69, 9.17) is 0 Å². The summed E-state index contributed by atoms with van der Waals surface area (Å²) >= 11 is 0. The first-order valence-electron chi connectivity index (χ1n) is 6.37. The van der Waals surface area contributed by atoms with Gasteiger partial charge in [0.1, 0.15) is 0 Å². The molecule has 0 aliphatic heterocycles. The number of aliphatic imine (C=N–C) groups is 1. The molecule has 0 amide bonds. The Hall–Kier alpha value is -0.990. The molecule has 0 atom stereocenters. The van der Waals surface area contributed by atoms with Crippen LogP contribution in [0.3, 0.4) is 0 Å². The first-order valence-corrected chi connectivity index (χ1v) is 6.37. The van der Waals surface area contributed by atoms with E-state index in [1.807, 2.05) is 19.0 Å². The number of nitrogens with one attached hydrogen (secondary N) is 1. The predicted octanol–water partition coefficient (Wildman–Crippen LogP) is 2.40. The zero-order valence-electron chi connectivity index (χ0n) is 10.9. The van der Waals surface area contributed by atoms with Crippen LogP contribution in [0.2, 0.25) is 0 Å². The summed E-state index contributed by atoms with van der Waals surface area (Å²) in [5.74, 6) is 0.999. The molecule has 0 unspecified atom stereocenters. The van der Waals surface area contributed by atoms with E-state index in [-0.39, 0.29) is 0 Å². The van der Waals surface area contributed by atoms with E-state index in [1.165, 1.54) is 25.7 Å². The minimum absolute atomic E-state index is 0.909. The van der Waals surface area contributed by atoms with Gasteiger partial charge in [0.2, 0.25) is 0 Å². The van der Waals surface area contributed by atoms with Gasteiger partial charge in [-0.25, -0.2) is 0 Å². The molecule has 16 heavy (non-hydrogen) atoms. The molecule has 1 aliphatic carbocycles. The first-order chi connectivity index (χ1) is 7.74. The average Bonchev–Trinajstić information content (AvgIpc) is 2.29. The Morgan fingerprint density at radius 3 is 2.81 bits per heavy atom. The highest BCUT2D eigenvalue weighted by Crippen LogP contribution is 2.19. The lowest BCUT2D eigenvalue weighted by atomic mass is 9.97. The van der Waals surface area contributed by atoms with Crippen molar-refractivity contribution in [3.8, 4) is 0 Å². The van der Waals surface area contributed by atoms with E-state index in [1.54, 1.807) is 5.57 Å². The topological polar surface area (TPSA) is 27.6 Å². The van der Waals surface area contributed by atoms with Crippen LogP contribution in [0.1, 0.15) is 39.0 Å². The summed E-state index contributed by atoms with van der Waals surface area (Å²) in [6.45, 7) is 3.94. The van der Waals surface area contributed by atoms with Crippen LogP contribution < -0.4 is 5.32 Å². The molecule has 0 fully saturated rings. The Kier molecular flexibility index (Phi) is 5.98. The smallest absolute Gasteiger partial charge is 0.193 e. The van der Waals surface area contributed by atoms with E-state index in [0.29, 0.717) is 0 Å². The van der Waals surface area contributed by atoms with Gasteiger partial charge >= 0.3 is 0 Å². The molecule has 0 saturated carbocycles. The molecule has 0 aromatic rings. The Bertz CT molecular complexity index is 254. The molecule has 1 rings (SSSR count). The van der Waals surface area contributed by atoms with Crippen LogP contribution in [0.25, 0.3) is 0 Å². The van der Waals surface area contributed by atoms with Gasteiger partial charge in [-0.3, -0.25) is 4.99 Å². The van der Waals surface area contributed by atoms with E-state index in [2.05, 4.69) is 23.3 Å². The third-order valence-corrected chi connectivity index (χ3v) is 2.84. The molecule has 0 spiro atoms. The zero-order chi connectivity index (χ0) is 11.8. The van der Waals surface area contributed by atoms with Gasteiger partial charge in [-0.05, 0) is 39.0 Å². The molecule has 0 bridgehead atoms. The third kappa shape index (κ3) is 4.69. The normalized spacial score (nSPS) is 16.9. The van der Waals surface area contributed by atoms with Crippen molar-refractivity contribution in [2.24, 2.45) is 4.99 Å². The van der Waals surface area contributed by atoms with Gasteiger partial charge in [0, 0.05) is 27.2 Å². The Morgan fingerprint density at radius 2 is 2.25 bits per heavy atom. The highest BCUT2D eigenvalue weighted by Gasteiger charge is 2.03. The standard InChI is InChI=1S/C13H25N3/c1-4-14-13(16(2)3)15-11-10-12-8-6-5-7-9-12/h8H,4-7,9-11H2,1-3H3,(H,14,15). The lowest BCUT2D eigenvalue weighted by molar-refractivity contribution is 0.582. The Labute approximate surface area is 99.6 Å². The molecular weight excluding hydrogens is 198 g/mol. The summed E-state index contributed by atoms with van der Waals surface area (Å²) < 4.78 is 0. The number of allylic oxidation sites excluding steroid dienone is 1. The van der Waals surface area contributed by atoms with E-state index >= 15 is 0 Å². The molecule has 92 valence electrons. The third-order valence-electron chi connectivity index (χ3n) is 2.84. The fourth-order valence-corrected chi connectivity index (χ4v) is 1.95. The van der Waals surface area contributed by atoms with Gasteiger partial charge in [0.25, 0.3) is 0 Å². The summed E-state index contributed by atoms with van der Waals surface area (Å²) in [6, 6.07) is 0. The predicted molar refractivity (Wildman–Crippen MR) is 70.8 cm³/mol. The minimum atomic E-state index is 0.909. The molecule has 0 aromatic carbocycles. The summed E-state index contributed by atoms with van der Waals surface area (Å²) in [7, 11) is 4.06. The van der Waals surface area contributed by atoms with Crippen molar-refractivity contribution in [2.75, 3.05) is 27.2 Å². The van der Waals surface area contributed by atoms with Crippen LogP contribution in [0.5, 0.6) is 0 Å². The van der Waals surface area contributed by atoms with Crippen molar-refractivity contribution in [2.45, 2.75) is 39.0 Å². The average molecular weight is 223 g/mol. The second-order valence-electron chi connectivity index (χ2n) is 4.49. The van der Waals surface area contributed by atoms with Crippen molar-refractivity contribution < 1.29 is 0 Å². The highest BCUT2D eigenvalue weighted by molar-refractivity contribution is 5.79. The van der Waals surface area contributed by atoms with Crippen molar-refractivity contribution in [1.29, 1.82) is 0 Å².